The summed E-state index contributed by atoms with van der Waals surface area (Å²) in [7, 11) is 1.46. The van der Waals surface area contributed by atoms with Crippen molar-refractivity contribution in [2.24, 2.45) is 0 Å². The van der Waals surface area contributed by atoms with Crippen LogP contribution in [0.15, 0.2) is 24.4 Å². The van der Waals surface area contributed by atoms with Gasteiger partial charge in [-0.3, -0.25) is 9.48 Å². The van der Waals surface area contributed by atoms with E-state index in [1.54, 1.807) is 6.92 Å². The minimum atomic E-state index is -2.76. The van der Waals surface area contributed by atoms with Crippen LogP contribution >= 0.6 is 0 Å². The van der Waals surface area contributed by atoms with Gasteiger partial charge >= 0.3 is 0 Å². The smallest absolute Gasteiger partial charge is 0.258 e. The van der Waals surface area contributed by atoms with Gasteiger partial charge < -0.3 is 15.4 Å². The molecule has 2 bridgehead atoms. The highest BCUT2D eigenvalue weighted by molar-refractivity contribution is 5.95. The lowest BCUT2D eigenvalue weighted by Crippen LogP contribution is -2.30. The highest BCUT2D eigenvalue weighted by Crippen LogP contribution is 2.33. The fourth-order valence-electron chi connectivity index (χ4n) is 3.67. The summed E-state index contributed by atoms with van der Waals surface area (Å²) in [6, 6.07) is 5.51. The number of halogens is 3. The van der Waals surface area contributed by atoms with Crippen molar-refractivity contribution in [3.63, 3.8) is 0 Å². The van der Waals surface area contributed by atoms with Crippen molar-refractivity contribution in [1.29, 1.82) is 5.26 Å². The normalized spacial score (nSPS) is 15.7. The molecule has 2 aromatic heterocycles. The molecule has 1 amide bonds. The average molecular weight is 457 g/mol. The van der Waals surface area contributed by atoms with E-state index in [1.165, 1.54) is 30.3 Å². The maximum absolute atomic E-state index is 14.0. The summed E-state index contributed by atoms with van der Waals surface area (Å²) in [4.78, 5) is 22.9. The van der Waals surface area contributed by atoms with Gasteiger partial charge in [0.05, 0.1) is 29.7 Å². The minimum absolute atomic E-state index is 0.0795. The van der Waals surface area contributed by atoms with E-state index < -0.39 is 30.8 Å². The molecule has 0 fully saturated rings. The van der Waals surface area contributed by atoms with Gasteiger partial charge in [-0.1, -0.05) is 0 Å². The van der Waals surface area contributed by atoms with Gasteiger partial charge in [0.25, 0.3) is 18.2 Å². The van der Waals surface area contributed by atoms with E-state index in [2.05, 4.69) is 15.1 Å². The first kappa shape index (κ1) is 22.1. The quantitative estimate of drug-likeness (QED) is 0.628. The molecular weight excluding hydrogens is 439 g/mol. The Bertz CT molecular complexity index is 1290. The number of rotatable bonds is 2. The van der Waals surface area contributed by atoms with Crippen molar-refractivity contribution >= 4 is 11.7 Å². The lowest BCUT2D eigenvalue weighted by atomic mass is 10.0. The average Bonchev–Trinajstić information content (AvgIpc) is 3.10. The van der Waals surface area contributed by atoms with E-state index in [9.17, 15) is 23.2 Å². The van der Waals surface area contributed by atoms with Crippen LogP contribution in [0.4, 0.5) is 19.0 Å². The zero-order valence-electron chi connectivity index (χ0n) is 17.6. The fraction of sp³-hybridized carbons (Fsp3) is 0.286. The SMILES string of the molecule is CC1Oc2nc(cnc2N)-c2c(C#N)nn(CC(F)F)c2CN(C)C(=O)c2ccc(F)cc21. The van der Waals surface area contributed by atoms with Crippen LogP contribution in [0.1, 0.15) is 40.3 Å². The zero-order valence-corrected chi connectivity index (χ0v) is 17.6. The number of fused-ring (bicyclic) bond motifs is 5. The Hall–Kier alpha value is -4.14. The van der Waals surface area contributed by atoms with Gasteiger partial charge in [-0.25, -0.2) is 23.1 Å². The molecule has 1 aliphatic heterocycles. The summed E-state index contributed by atoms with van der Waals surface area (Å²) in [5.74, 6) is -1.27. The summed E-state index contributed by atoms with van der Waals surface area (Å²) in [5.41, 5.74) is 6.55. The predicted octanol–water partition coefficient (Wildman–Crippen LogP) is 2.92. The van der Waals surface area contributed by atoms with Crippen LogP contribution in [0.25, 0.3) is 11.3 Å². The molecule has 1 unspecified atom stereocenters. The summed E-state index contributed by atoms with van der Waals surface area (Å²) in [5, 5.41) is 13.6. The Morgan fingerprint density at radius 3 is 2.85 bits per heavy atom. The molecule has 4 rings (SSSR count). The molecule has 2 N–H and O–H groups in total. The number of alkyl halides is 2. The number of nitrogen functional groups attached to an aromatic ring is 1. The predicted molar refractivity (Wildman–Crippen MR) is 110 cm³/mol. The number of anilines is 1. The number of amides is 1. The molecule has 0 aliphatic carbocycles. The number of ether oxygens (including phenoxy) is 1. The highest BCUT2D eigenvalue weighted by atomic mass is 19.3. The van der Waals surface area contributed by atoms with Crippen LogP contribution in [0.3, 0.4) is 0 Å². The Labute approximate surface area is 186 Å². The molecule has 1 aromatic carbocycles. The second-order valence-electron chi connectivity index (χ2n) is 7.45. The molecular formula is C21H18F3N7O2. The fourth-order valence-corrected chi connectivity index (χ4v) is 3.67. The number of carbonyl (C=O) groups is 1. The summed E-state index contributed by atoms with van der Waals surface area (Å²) >= 11 is 0. The molecule has 0 saturated carbocycles. The first-order chi connectivity index (χ1) is 15.7. The van der Waals surface area contributed by atoms with E-state index in [4.69, 9.17) is 10.5 Å². The van der Waals surface area contributed by atoms with Crippen molar-refractivity contribution in [3.05, 3.63) is 52.7 Å². The van der Waals surface area contributed by atoms with E-state index >= 15 is 0 Å². The number of aromatic nitrogens is 4. The summed E-state index contributed by atoms with van der Waals surface area (Å²) < 4.78 is 47.3. The maximum atomic E-state index is 14.0. The van der Waals surface area contributed by atoms with Gasteiger partial charge in [-0.15, -0.1) is 0 Å². The largest absolute Gasteiger partial charge is 0.467 e. The van der Waals surface area contributed by atoms with E-state index in [0.717, 1.165) is 10.7 Å². The third-order valence-corrected chi connectivity index (χ3v) is 5.20. The number of nitriles is 1. The van der Waals surface area contributed by atoms with Crippen molar-refractivity contribution in [1.82, 2.24) is 24.6 Å². The second-order valence-corrected chi connectivity index (χ2v) is 7.45. The molecule has 3 aromatic rings. The molecule has 33 heavy (non-hydrogen) atoms. The zero-order chi connectivity index (χ0) is 23.9. The van der Waals surface area contributed by atoms with Crippen LogP contribution < -0.4 is 10.5 Å². The van der Waals surface area contributed by atoms with Crippen LogP contribution in [0.5, 0.6) is 5.88 Å². The van der Waals surface area contributed by atoms with Crippen LogP contribution in [-0.4, -0.2) is 44.0 Å². The number of carbonyl (C=O) groups excluding carboxylic acids is 1. The molecule has 1 atom stereocenters. The molecule has 3 heterocycles. The Kier molecular flexibility index (Phi) is 5.63. The molecule has 1 aliphatic rings. The third kappa shape index (κ3) is 4.05. The Morgan fingerprint density at radius 2 is 2.15 bits per heavy atom. The standard InChI is InChI=1S/C21H18F3N7O2/c1-10-13-5-11(22)3-4-12(13)21(32)30(2)8-16-18(14(6-25)29-31(16)9-17(23)24)15-7-27-19(26)20(28-15)33-10/h3-5,7,10,17H,8-9H2,1-2H3,(H2,26,27). The topological polar surface area (TPSA) is 123 Å². The van der Waals surface area contributed by atoms with Crippen molar-refractivity contribution < 1.29 is 22.7 Å². The Balaban J connectivity index is 1.99. The van der Waals surface area contributed by atoms with Crippen LogP contribution in [-0.2, 0) is 13.1 Å². The third-order valence-electron chi connectivity index (χ3n) is 5.20. The number of hydrogen-bond acceptors (Lipinski definition) is 7. The van der Waals surface area contributed by atoms with Crippen molar-refractivity contribution in [2.45, 2.75) is 32.5 Å². The number of nitrogens with zero attached hydrogens (tertiary/aromatic N) is 6. The molecule has 170 valence electrons. The number of hydrogen-bond donors (Lipinski definition) is 1. The van der Waals surface area contributed by atoms with Crippen molar-refractivity contribution in [3.8, 4) is 23.2 Å². The van der Waals surface area contributed by atoms with Gasteiger partial charge in [0.2, 0.25) is 0 Å². The first-order valence-electron chi connectivity index (χ1n) is 9.82. The van der Waals surface area contributed by atoms with Crippen LogP contribution in [0.2, 0.25) is 0 Å². The van der Waals surface area contributed by atoms with Crippen molar-refractivity contribution in [2.75, 3.05) is 12.8 Å². The van der Waals surface area contributed by atoms with E-state index in [-0.39, 0.29) is 52.0 Å². The maximum Gasteiger partial charge on any atom is 0.258 e. The molecule has 0 radical (unpaired) electrons. The van der Waals surface area contributed by atoms with E-state index in [0.29, 0.717) is 0 Å². The minimum Gasteiger partial charge on any atom is -0.467 e. The van der Waals surface area contributed by atoms with Gasteiger partial charge in [0.15, 0.2) is 11.5 Å². The van der Waals surface area contributed by atoms with Gasteiger partial charge in [-0.2, -0.15) is 10.4 Å². The summed E-state index contributed by atoms with van der Waals surface area (Å²) in [6.45, 7) is 0.623. The molecule has 0 saturated heterocycles. The lowest BCUT2D eigenvalue weighted by Gasteiger charge is -2.24. The lowest BCUT2D eigenvalue weighted by molar-refractivity contribution is 0.0772. The van der Waals surface area contributed by atoms with Gasteiger partial charge in [0, 0.05) is 18.2 Å². The van der Waals surface area contributed by atoms with E-state index in [1.807, 2.05) is 6.07 Å². The molecule has 0 spiro atoms. The Morgan fingerprint density at radius 1 is 1.39 bits per heavy atom. The van der Waals surface area contributed by atoms with Crippen LogP contribution in [0, 0.1) is 17.1 Å². The first-order valence-corrected chi connectivity index (χ1v) is 9.82. The number of benzene rings is 1. The van der Waals surface area contributed by atoms with Gasteiger partial charge in [-0.05, 0) is 25.1 Å². The second kappa shape index (κ2) is 8.42. The highest BCUT2D eigenvalue weighted by Gasteiger charge is 2.29. The number of nitrogens with two attached hydrogens (primary N) is 1. The molecule has 9 nitrogen and oxygen atoms in total. The molecule has 12 heteroatoms. The van der Waals surface area contributed by atoms with Gasteiger partial charge in [0.1, 0.15) is 24.5 Å². The monoisotopic (exact) mass is 457 g/mol. The summed E-state index contributed by atoms with van der Waals surface area (Å²) in [6.07, 6.45) is -2.33.